The number of ether oxygens (including phenoxy) is 1. The molecule has 0 heterocycles. The van der Waals surface area contributed by atoms with E-state index in [2.05, 4.69) is 38.1 Å². The van der Waals surface area contributed by atoms with Crippen LogP contribution in [0.3, 0.4) is 0 Å². The summed E-state index contributed by atoms with van der Waals surface area (Å²) in [5.41, 5.74) is 9.15. The van der Waals surface area contributed by atoms with Crippen molar-refractivity contribution in [2.75, 3.05) is 20.3 Å². The monoisotopic (exact) mass is 261 g/mol. The summed E-state index contributed by atoms with van der Waals surface area (Å²) in [4.78, 5) is 0. The highest BCUT2D eigenvalue weighted by Crippen LogP contribution is 2.41. The predicted molar refractivity (Wildman–Crippen MR) is 80.5 cm³/mol. The molecule has 2 nitrogen and oxygen atoms in total. The maximum atomic E-state index is 6.09. The summed E-state index contributed by atoms with van der Waals surface area (Å²) in [7, 11) is 1.77. The Hall–Kier alpha value is -0.860. The number of hydrogen-bond donors (Lipinski definition) is 1. The largest absolute Gasteiger partial charge is 0.384 e. The Morgan fingerprint density at radius 1 is 1.26 bits per heavy atom. The summed E-state index contributed by atoms with van der Waals surface area (Å²) in [6.45, 7) is 5.98. The molecule has 106 valence electrons. The molecule has 0 aromatic heterocycles. The van der Waals surface area contributed by atoms with E-state index in [1.807, 2.05) is 0 Å². The minimum Gasteiger partial charge on any atom is -0.384 e. The van der Waals surface area contributed by atoms with Crippen molar-refractivity contribution in [2.24, 2.45) is 5.73 Å². The fourth-order valence-electron chi connectivity index (χ4n) is 3.38. The highest BCUT2D eigenvalue weighted by atomic mass is 16.5. The van der Waals surface area contributed by atoms with Crippen molar-refractivity contribution in [3.8, 4) is 0 Å². The van der Waals surface area contributed by atoms with Crippen LogP contribution in [-0.2, 0) is 15.6 Å². The maximum Gasteiger partial charge on any atom is 0.0553 e. The molecular formula is C17H27NO. The minimum absolute atomic E-state index is 0.0547. The maximum absolute atomic E-state index is 6.09. The second-order valence-corrected chi connectivity index (χ2v) is 6.59. The predicted octanol–water partition coefficient (Wildman–Crippen LogP) is 3.38. The standard InChI is InChI=1S/C17H27NO/c1-16(2,13-19-3)14-7-6-8-15(11-14)17(12-18)9-4-5-10-17/h6-8,11H,4-5,9-10,12-13,18H2,1-3H3. The van der Waals surface area contributed by atoms with Gasteiger partial charge in [0, 0.05) is 24.5 Å². The van der Waals surface area contributed by atoms with E-state index in [9.17, 15) is 0 Å². The van der Waals surface area contributed by atoms with Crippen molar-refractivity contribution in [3.63, 3.8) is 0 Å². The summed E-state index contributed by atoms with van der Waals surface area (Å²) in [5, 5.41) is 0. The van der Waals surface area contributed by atoms with E-state index < -0.39 is 0 Å². The van der Waals surface area contributed by atoms with Crippen molar-refractivity contribution in [1.29, 1.82) is 0 Å². The molecule has 2 N–H and O–H groups in total. The summed E-state index contributed by atoms with van der Waals surface area (Å²) in [5.74, 6) is 0. The van der Waals surface area contributed by atoms with Crippen LogP contribution in [0.5, 0.6) is 0 Å². The Bertz CT molecular complexity index is 419. The normalized spacial score (nSPS) is 18.7. The van der Waals surface area contributed by atoms with Gasteiger partial charge in [0.1, 0.15) is 0 Å². The smallest absolute Gasteiger partial charge is 0.0553 e. The van der Waals surface area contributed by atoms with Crippen LogP contribution in [-0.4, -0.2) is 20.3 Å². The fourth-order valence-corrected chi connectivity index (χ4v) is 3.38. The van der Waals surface area contributed by atoms with Gasteiger partial charge in [0.2, 0.25) is 0 Å². The fraction of sp³-hybridized carbons (Fsp3) is 0.647. The summed E-state index contributed by atoms with van der Waals surface area (Å²) < 4.78 is 5.35. The van der Waals surface area contributed by atoms with Gasteiger partial charge in [0.25, 0.3) is 0 Å². The van der Waals surface area contributed by atoms with Crippen LogP contribution in [0.25, 0.3) is 0 Å². The SMILES string of the molecule is COCC(C)(C)c1cccc(C2(CN)CCCC2)c1. The van der Waals surface area contributed by atoms with Crippen molar-refractivity contribution >= 4 is 0 Å². The van der Waals surface area contributed by atoms with Gasteiger partial charge in [-0.25, -0.2) is 0 Å². The lowest BCUT2D eigenvalue weighted by atomic mass is 9.76. The third-order valence-corrected chi connectivity index (χ3v) is 4.71. The molecule has 1 aliphatic carbocycles. The van der Waals surface area contributed by atoms with E-state index in [1.54, 1.807) is 7.11 Å². The van der Waals surface area contributed by atoms with E-state index in [-0.39, 0.29) is 10.8 Å². The molecule has 2 rings (SSSR count). The molecule has 0 bridgehead atoms. The molecule has 0 spiro atoms. The van der Waals surface area contributed by atoms with Crippen LogP contribution in [0.1, 0.15) is 50.7 Å². The first kappa shape index (κ1) is 14.5. The average Bonchev–Trinajstić information content (AvgIpc) is 2.89. The van der Waals surface area contributed by atoms with Crippen LogP contribution >= 0.6 is 0 Å². The van der Waals surface area contributed by atoms with Gasteiger partial charge >= 0.3 is 0 Å². The molecule has 0 saturated heterocycles. The molecule has 1 aromatic carbocycles. The molecule has 19 heavy (non-hydrogen) atoms. The number of nitrogens with two attached hydrogens (primary N) is 1. The molecule has 0 radical (unpaired) electrons. The average molecular weight is 261 g/mol. The lowest BCUT2D eigenvalue weighted by Crippen LogP contribution is -2.32. The zero-order chi connectivity index (χ0) is 13.9. The quantitative estimate of drug-likeness (QED) is 0.882. The third kappa shape index (κ3) is 2.85. The van der Waals surface area contributed by atoms with Crippen molar-refractivity contribution < 1.29 is 4.74 Å². The lowest BCUT2D eigenvalue weighted by Gasteiger charge is -2.31. The Kier molecular flexibility index (Phi) is 4.32. The summed E-state index contributed by atoms with van der Waals surface area (Å²) in [6, 6.07) is 9.00. The van der Waals surface area contributed by atoms with Crippen LogP contribution < -0.4 is 5.73 Å². The van der Waals surface area contributed by atoms with Gasteiger partial charge in [-0.05, 0) is 24.0 Å². The van der Waals surface area contributed by atoms with E-state index in [4.69, 9.17) is 10.5 Å². The van der Waals surface area contributed by atoms with E-state index >= 15 is 0 Å². The third-order valence-electron chi connectivity index (χ3n) is 4.71. The van der Waals surface area contributed by atoms with Crippen LogP contribution in [0, 0.1) is 0 Å². The molecule has 0 amide bonds. The number of rotatable bonds is 5. The first-order chi connectivity index (χ1) is 9.04. The molecule has 2 heteroatoms. The van der Waals surface area contributed by atoms with Gasteiger partial charge in [-0.3, -0.25) is 0 Å². The number of methoxy groups -OCH3 is 1. The molecule has 0 atom stereocenters. The number of hydrogen-bond acceptors (Lipinski definition) is 2. The van der Waals surface area contributed by atoms with E-state index in [0.29, 0.717) is 0 Å². The Morgan fingerprint density at radius 3 is 2.53 bits per heavy atom. The van der Waals surface area contributed by atoms with Gasteiger partial charge < -0.3 is 10.5 Å². The molecule has 1 fully saturated rings. The van der Waals surface area contributed by atoms with Gasteiger partial charge in [-0.1, -0.05) is 51.0 Å². The van der Waals surface area contributed by atoms with Gasteiger partial charge in [0.05, 0.1) is 6.61 Å². The Morgan fingerprint density at radius 2 is 1.95 bits per heavy atom. The first-order valence-electron chi connectivity index (χ1n) is 7.34. The molecule has 0 unspecified atom stereocenters. The van der Waals surface area contributed by atoms with Gasteiger partial charge in [-0.15, -0.1) is 0 Å². The minimum atomic E-state index is 0.0547. The zero-order valence-electron chi connectivity index (χ0n) is 12.5. The Labute approximate surface area is 117 Å². The first-order valence-corrected chi connectivity index (χ1v) is 7.34. The van der Waals surface area contributed by atoms with Gasteiger partial charge in [0.15, 0.2) is 0 Å². The summed E-state index contributed by atoms with van der Waals surface area (Å²) in [6.07, 6.45) is 5.08. The second-order valence-electron chi connectivity index (χ2n) is 6.59. The molecule has 1 aliphatic rings. The van der Waals surface area contributed by atoms with Crippen LogP contribution in [0.2, 0.25) is 0 Å². The summed E-state index contributed by atoms with van der Waals surface area (Å²) >= 11 is 0. The topological polar surface area (TPSA) is 35.2 Å². The Balaban J connectivity index is 2.33. The highest BCUT2D eigenvalue weighted by molar-refractivity contribution is 5.35. The molecule has 1 saturated carbocycles. The van der Waals surface area contributed by atoms with Crippen LogP contribution in [0.4, 0.5) is 0 Å². The van der Waals surface area contributed by atoms with Crippen molar-refractivity contribution in [2.45, 2.75) is 50.4 Å². The number of benzene rings is 1. The van der Waals surface area contributed by atoms with Crippen molar-refractivity contribution in [1.82, 2.24) is 0 Å². The van der Waals surface area contributed by atoms with E-state index in [1.165, 1.54) is 36.8 Å². The van der Waals surface area contributed by atoms with E-state index in [0.717, 1.165) is 13.2 Å². The molecular weight excluding hydrogens is 234 g/mol. The van der Waals surface area contributed by atoms with Crippen molar-refractivity contribution in [3.05, 3.63) is 35.4 Å². The highest BCUT2D eigenvalue weighted by Gasteiger charge is 2.35. The van der Waals surface area contributed by atoms with Crippen LogP contribution in [0.15, 0.2) is 24.3 Å². The second kappa shape index (κ2) is 5.64. The van der Waals surface area contributed by atoms with Gasteiger partial charge in [-0.2, -0.15) is 0 Å². The molecule has 0 aliphatic heterocycles. The zero-order valence-corrected chi connectivity index (χ0v) is 12.5. The molecule has 1 aromatic rings. The lowest BCUT2D eigenvalue weighted by molar-refractivity contribution is 0.146.